The van der Waals surface area contributed by atoms with Crippen LogP contribution >= 0.6 is 11.8 Å². The number of carboxylic acids is 1. The first kappa shape index (κ1) is 21.1. The van der Waals surface area contributed by atoms with E-state index in [0.29, 0.717) is 23.2 Å². The third kappa shape index (κ3) is 5.26. The number of carboxylic acid groups (broad SMARTS) is 1. The molecule has 0 aliphatic carbocycles. The number of thioether (sulfide) groups is 1. The van der Waals surface area contributed by atoms with Crippen LogP contribution in [0.3, 0.4) is 0 Å². The Morgan fingerprint density at radius 2 is 1.93 bits per heavy atom. The van der Waals surface area contributed by atoms with Crippen LogP contribution in [-0.2, 0) is 17.9 Å². The number of aromatic nitrogens is 3. The molecule has 0 aliphatic heterocycles. The van der Waals surface area contributed by atoms with Gasteiger partial charge in [0.2, 0.25) is 5.91 Å². The second kappa shape index (κ2) is 9.74. The normalized spacial score (nSPS) is 10.6. The molecule has 0 saturated heterocycles. The van der Waals surface area contributed by atoms with E-state index in [1.54, 1.807) is 12.1 Å². The molecule has 0 unspecified atom stereocenters. The van der Waals surface area contributed by atoms with Gasteiger partial charge in [0.05, 0.1) is 24.1 Å². The molecule has 1 aromatic carbocycles. The summed E-state index contributed by atoms with van der Waals surface area (Å²) in [6.45, 7) is 2.65. The maximum atomic E-state index is 12.2. The number of aromatic carboxylic acids is 1. The van der Waals surface area contributed by atoms with E-state index in [-0.39, 0.29) is 35.4 Å². The maximum Gasteiger partial charge on any atom is 0.335 e. The Kier molecular flexibility index (Phi) is 6.86. The second-order valence-corrected chi connectivity index (χ2v) is 6.96. The van der Waals surface area contributed by atoms with Crippen molar-refractivity contribution in [2.75, 3.05) is 11.1 Å². The van der Waals surface area contributed by atoms with Gasteiger partial charge in [0, 0.05) is 12.2 Å². The van der Waals surface area contributed by atoms with Gasteiger partial charge >= 0.3 is 5.97 Å². The first-order valence-corrected chi connectivity index (χ1v) is 9.96. The van der Waals surface area contributed by atoms with Gasteiger partial charge in [-0.05, 0) is 43.3 Å². The Morgan fingerprint density at radius 3 is 2.57 bits per heavy atom. The fourth-order valence-corrected chi connectivity index (χ4v) is 3.37. The van der Waals surface area contributed by atoms with Crippen LogP contribution < -0.4 is 10.6 Å². The Morgan fingerprint density at radius 1 is 1.17 bits per heavy atom. The highest BCUT2D eigenvalue weighted by atomic mass is 32.2. The lowest BCUT2D eigenvalue weighted by atomic mass is 10.2. The molecule has 0 aliphatic rings. The van der Waals surface area contributed by atoms with E-state index in [2.05, 4.69) is 20.8 Å². The molecule has 0 spiro atoms. The topological polar surface area (TPSA) is 139 Å². The number of anilines is 1. The van der Waals surface area contributed by atoms with Crippen molar-refractivity contribution in [1.29, 1.82) is 0 Å². The molecule has 2 heterocycles. The molecule has 3 aromatic rings. The summed E-state index contributed by atoms with van der Waals surface area (Å²) < 4.78 is 6.85. The molecular formula is C19H19N5O5S. The third-order valence-electron chi connectivity index (χ3n) is 4.01. The van der Waals surface area contributed by atoms with Crippen molar-refractivity contribution in [3.05, 3.63) is 59.8 Å². The first-order chi connectivity index (χ1) is 14.5. The zero-order valence-corrected chi connectivity index (χ0v) is 16.8. The molecule has 30 heavy (non-hydrogen) atoms. The molecule has 3 N–H and O–H groups in total. The molecule has 11 heteroatoms. The van der Waals surface area contributed by atoms with Gasteiger partial charge in [-0.3, -0.25) is 9.59 Å². The molecule has 10 nitrogen and oxygen atoms in total. The molecule has 0 radical (unpaired) electrons. The Bertz CT molecular complexity index is 1030. The minimum atomic E-state index is -1.03. The number of carbonyl (C=O) groups excluding carboxylic acids is 2. The van der Waals surface area contributed by atoms with Crippen molar-refractivity contribution < 1.29 is 23.9 Å². The minimum Gasteiger partial charge on any atom is -0.478 e. The van der Waals surface area contributed by atoms with Crippen molar-refractivity contribution in [2.45, 2.75) is 25.2 Å². The van der Waals surface area contributed by atoms with E-state index in [0.717, 1.165) is 0 Å². The number of hydrogen-bond donors (Lipinski definition) is 3. The smallest absolute Gasteiger partial charge is 0.335 e. The Labute approximate surface area is 175 Å². The third-order valence-corrected chi connectivity index (χ3v) is 4.98. The Balaban J connectivity index is 1.54. The van der Waals surface area contributed by atoms with Gasteiger partial charge in [0.25, 0.3) is 5.91 Å². The van der Waals surface area contributed by atoms with Crippen molar-refractivity contribution in [3.8, 4) is 0 Å². The predicted molar refractivity (Wildman–Crippen MR) is 108 cm³/mol. The van der Waals surface area contributed by atoms with Crippen LogP contribution in [0.15, 0.2) is 52.2 Å². The zero-order valence-electron chi connectivity index (χ0n) is 16.0. The quantitative estimate of drug-likeness (QED) is 0.440. The van der Waals surface area contributed by atoms with E-state index < -0.39 is 5.97 Å². The lowest BCUT2D eigenvalue weighted by Gasteiger charge is -2.08. The van der Waals surface area contributed by atoms with Gasteiger partial charge in [-0.1, -0.05) is 11.8 Å². The average molecular weight is 429 g/mol. The fraction of sp³-hybridized carbons (Fsp3) is 0.211. The SMILES string of the molecule is CCn1c(CNC(=O)c2ccco2)nnc1SCC(=O)Nc1ccc(C(=O)O)cc1. The number of furan rings is 1. The van der Waals surface area contributed by atoms with Gasteiger partial charge in [-0.2, -0.15) is 0 Å². The summed E-state index contributed by atoms with van der Waals surface area (Å²) in [5.74, 6) is -0.782. The Hall–Kier alpha value is -3.60. The van der Waals surface area contributed by atoms with E-state index in [4.69, 9.17) is 9.52 Å². The monoisotopic (exact) mass is 429 g/mol. The molecule has 2 amide bonds. The number of benzene rings is 1. The molecule has 3 rings (SSSR count). The molecule has 2 aromatic heterocycles. The van der Waals surface area contributed by atoms with Crippen LogP contribution in [-0.4, -0.2) is 43.4 Å². The maximum absolute atomic E-state index is 12.2. The lowest BCUT2D eigenvalue weighted by molar-refractivity contribution is -0.113. The van der Waals surface area contributed by atoms with Gasteiger partial charge in [-0.15, -0.1) is 10.2 Å². The van der Waals surface area contributed by atoms with E-state index in [9.17, 15) is 14.4 Å². The van der Waals surface area contributed by atoms with Gasteiger partial charge < -0.3 is 24.7 Å². The lowest BCUT2D eigenvalue weighted by Crippen LogP contribution is -2.24. The van der Waals surface area contributed by atoms with E-state index in [1.807, 2.05) is 11.5 Å². The van der Waals surface area contributed by atoms with Gasteiger partial charge in [0.1, 0.15) is 0 Å². The summed E-state index contributed by atoms with van der Waals surface area (Å²) in [6.07, 6.45) is 1.42. The van der Waals surface area contributed by atoms with Crippen molar-refractivity contribution >= 4 is 35.2 Å². The van der Waals surface area contributed by atoms with Crippen molar-refractivity contribution in [1.82, 2.24) is 20.1 Å². The molecule has 0 fully saturated rings. The van der Waals surface area contributed by atoms with Crippen LogP contribution in [0.1, 0.15) is 33.7 Å². The largest absolute Gasteiger partial charge is 0.478 e. The number of amides is 2. The molecule has 0 bridgehead atoms. The highest BCUT2D eigenvalue weighted by Gasteiger charge is 2.15. The van der Waals surface area contributed by atoms with Crippen LogP contribution in [0.5, 0.6) is 0 Å². The standard InChI is InChI=1S/C19H19N5O5S/c1-2-24-15(10-20-17(26)14-4-3-9-29-14)22-23-19(24)30-11-16(25)21-13-7-5-12(6-8-13)18(27)28/h3-9H,2,10-11H2,1H3,(H,20,26)(H,21,25)(H,27,28). The summed E-state index contributed by atoms with van der Waals surface area (Å²) in [5, 5.41) is 23.0. The molecular weight excluding hydrogens is 410 g/mol. The fourth-order valence-electron chi connectivity index (χ4n) is 2.55. The molecule has 0 atom stereocenters. The minimum absolute atomic E-state index is 0.0948. The number of carbonyl (C=O) groups is 3. The first-order valence-electron chi connectivity index (χ1n) is 8.97. The van der Waals surface area contributed by atoms with Gasteiger partial charge in [-0.25, -0.2) is 4.79 Å². The summed E-state index contributed by atoms with van der Waals surface area (Å²) >= 11 is 1.21. The molecule has 156 valence electrons. The van der Waals surface area contributed by atoms with Crippen molar-refractivity contribution in [2.24, 2.45) is 0 Å². The van der Waals surface area contributed by atoms with Crippen LogP contribution in [0.4, 0.5) is 5.69 Å². The summed E-state index contributed by atoms with van der Waals surface area (Å²) in [5.41, 5.74) is 0.647. The number of hydrogen-bond acceptors (Lipinski definition) is 7. The highest BCUT2D eigenvalue weighted by Crippen LogP contribution is 2.18. The number of rotatable bonds is 9. The predicted octanol–water partition coefficient (Wildman–Crippen LogP) is 2.25. The van der Waals surface area contributed by atoms with Crippen LogP contribution in [0.2, 0.25) is 0 Å². The summed E-state index contributed by atoms with van der Waals surface area (Å²) in [4.78, 5) is 35.0. The van der Waals surface area contributed by atoms with Crippen molar-refractivity contribution in [3.63, 3.8) is 0 Å². The van der Waals surface area contributed by atoms with Crippen LogP contribution in [0, 0.1) is 0 Å². The number of nitrogens with one attached hydrogen (secondary N) is 2. The number of nitrogens with zero attached hydrogens (tertiary/aromatic N) is 3. The highest BCUT2D eigenvalue weighted by molar-refractivity contribution is 7.99. The zero-order chi connectivity index (χ0) is 21.5. The van der Waals surface area contributed by atoms with E-state index >= 15 is 0 Å². The summed E-state index contributed by atoms with van der Waals surface area (Å²) in [7, 11) is 0. The van der Waals surface area contributed by atoms with Crippen LogP contribution in [0.25, 0.3) is 0 Å². The summed E-state index contributed by atoms with van der Waals surface area (Å²) in [6, 6.07) is 9.09. The molecule has 0 saturated carbocycles. The second-order valence-electron chi connectivity index (χ2n) is 6.02. The van der Waals surface area contributed by atoms with Gasteiger partial charge in [0.15, 0.2) is 16.7 Å². The van der Waals surface area contributed by atoms with E-state index in [1.165, 1.54) is 42.3 Å². The average Bonchev–Trinajstić information content (AvgIpc) is 3.40.